The highest BCUT2D eigenvalue weighted by Gasteiger charge is 2.17. The number of benzene rings is 1. The van der Waals surface area contributed by atoms with Crippen LogP contribution < -0.4 is 19.5 Å². The molecule has 0 aliphatic heterocycles. The average Bonchev–Trinajstić information content (AvgIpc) is 2.84. The van der Waals surface area contributed by atoms with E-state index in [0.29, 0.717) is 33.5 Å². The van der Waals surface area contributed by atoms with Gasteiger partial charge in [0.05, 0.1) is 32.0 Å². The van der Waals surface area contributed by atoms with Crippen LogP contribution in [0.5, 0.6) is 17.2 Å². The van der Waals surface area contributed by atoms with Crippen molar-refractivity contribution in [2.45, 2.75) is 13.8 Å². The summed E-state index contributed by atoms with van der Waals surface area (Å²) in [6, 6.07) is 3.37. The van der Waals surface area contributed by atoms with Gasteiger partial charge in [-0.25, -0.2) is 4.98 Å². The van der Waals surface area contributed by atoms with E-state index in [-0.39, 0.29) is 5.91 Å². The summed E-state index contributed by atoms with van der Waals surface area (Å²) in [5.41, 5.74) is 1.28. The number of methoxy groups -OCH3 is 3. The van der Waals surface area contributed by atoms with Gasteiger partial charge in [0, 0.05) is 17.8 Å². The van der Waals surface area contributed by atoms with Crippen LogP contribution in [0.2, 0.25) is 0 Å². The number of rotatable bonds is 5. The number of hydrogen-bond donors (Lipinski definition) is 1. The molecule has 0 saturated carbocycles. The van der Waals surface area contributed by atoms with Crippen molar-refractivity contribution in [1.82, 2.24) is 4.98 Å². The molecule has 1 aromatic heterocycles. The van der Waals surface area contributed by atoms with Crippen LogP contribution in [0.3, 0.4) is 0 Å². The van der Waals surface area contributed by atoms with Gasteiger partial charge >= 0.3 is 0 Å². The minimum absolute atomic E-state index is 0.211. The van der Waals surface area contributed by atoms with Crippen molar-refractivity contribution in [2.75, 3.05) is 26.6 Å². The summed E-state index contributed by atoms with van der Waals surface area (Å²) in [7, 11) is 4.58. The predicted octanol–water partition coefficient (Wildman–Crippen LogP) is 3.04. The SMILES string of the molecule is COc1cc(NC(=O)c2sc(C)nc2C)cc(OC)c1OC. The molecule has 1 heterocycles. The number of carbonyl (C=O) groups excluding carboxylic acids is 1. The normalized spacial score (nSPS) is 10.2. The Morgan fingerprint density at radius 1 is 1.09 bits per heavy atom. The molecule has 2 aromatic rings. The van der Waals surface area contributed by atoms with Crippen LogP contribution in [0.25, 0.3) is 0 Å². The summed E-state index contributed by atoms with van der Waals surface area (Å²) in [4.78, 5) is 17.2. The van der Waals surface area contributed by atoms with Gasteiger partial charge in [-0.05, 0) is 13.8 Å². The van der Waals surface area contributed by atoms with Crippen molar-refractivity contribution in [1.29, 1.82) is 0 Å². The second-order valence-corrected chi connectivity index (χ2v) is 5.72. The van der Waals surface area contributed by atoms with E-state index in [9.17, 15) is 4.79 Å². The Balaban J connectivity index is 2.33. The summed E-state index contributed by atoms with van der Waals surface area (Å²) in [6.45, 7) is 3.68. The molecule has 2 rings (SSSR count). The molecular weight excluding hydrogens is 304 g/mol. The third kappa shape index (κ3) is 3.14. The van der Waals surface area contributed by atoms with Crippen LogP contribution in [-0.2, 0) is 0 Å². The van der Waals surface area contributed by atoms with Gasteiger partial charge in [0.1, 0.15) is 4.88 Å². The number of nitrogens with zero attached hydrogens (tertiary/aromatic N) is 1. The average molecular weight is 322 g/mol. The van der Waals surface area contributed by atoms with Crippen LogP contribution in [0.4, 0.5) is 5.69 Å². The molecule has 0 spiro atoms. The van der Waals surface area contributed by atoms with E-state index in [4.69, 9.17) is 14.2 Å². The lowest BCUT2D eigenvalue weighted by molar-refractivity contribution is 0.103. The van der Waals surface area contributed by atoms with E-state index in [2.05, 4.69) is 10.3 Å². The molecule has 0 aliphatic carbocycles. The first-order chi connectivity index (χ1) is 10.5. The molecule has 7 heteroatoms. The summed E-state index contributed by atoms with van der Waals surface area (Å²) in [6.07, 6.45) is 0. The molecule has 1 aromatic carbocycles. The maximum Gasteiger partial charge on any atom is 0.267 e. The molecule has 22 heavy (non-hydrogen) atoms. The largest absolute Gasteiger partial charge is 0.493 e. The van der Waals surface area contributed by atoms with E-state index in [1.54, 1.807) is 12.1 Å². The number of hydrogen-bond acceptors (Lipinski definition) is 6. The lowest BCUT2D eigenvalue weighted by Gasteiger charge is -2.14. The van der Waals surface area contributed by atoms with Gasteiger partial charge in [-0.1, -0.05) is 0 Å². The summed E-state index contributed by atoms with van der Waals surface area (Å²) < 4.78 is 15.8. The molecule has 0 fully saturated rings. The van der Waals surface area contributed by atoms with Crippen LogP contribution >= 0.6 is 11.3 Å². The molecule has 0 bridgehead atoms. The molecule has 6 nitrogen and oxygen atoms in total. The quantitative estimate of drug-likeness (QED) is 0.916. The van der Waals surface area contributed by atoms with E-state index in [1.165, 1.54) is 32.7 Å². The van der Waals surface area contributed by atoms with Crippen molar-refractivity contribution < 1.29 is 19.0 Å². The van der Waals surface area contributed by atoms with Crippen LogP contribution in [0, 0.1) is 13.8 Å². The Labute approximate surface area is 133 Å². The lowest BCUT2D eigenvalue weighted by Crippen LogP contribution is -2.12. The molecule has 0 aliphatic rings. The Morgan fingerprint density at radius 3 is 2.09 bits per heavy atom. The molecule has 0 saturated heterocycles. The first-order valence-electron chi connectivity index (χ1n) is 6.55. The molecule has 0 atom stereocenters. The van der Waals surface area contributed by atoms with Gasteiger partial charge in [-0.2, -0.15) is 0 Å². The summed E-state index contributed by atoms with van der Waals surface area (Å²) in [5.74, 6) is 1.23. The van der Waals surface area contributed by atoms with Gasteiger partial charge in [-0.15, -0.1) is 11.3 Å². The lowest BCUT2D eigenvalue weighted by atomic mass is 10.2. The number of amides is 1. The zero-order valence-corrected chi connectivity index (χ0v) is 14.0. The molecule has 1 N–H and O–H groups in total. The third-order valence-corrected chi connectivity index (χ3v) is 4.10. The van der Waals surface area contributed by atoms with E-state index < -0.39 is 0 Å². The smallest absolute Gasteiger partial charge is 0.267 e. The fourth-order valence-electron chi connectivity index (χ4n) is 2.08. The fraction of sp³-hybridized carbons (Fsp3) is 0.333. The Kier molecular flexibility index (Phi) is 4.87. The maximum atomic E-state index is 12.3. The molecule has 0 radical (unpaired) electrons. The van der Waals surface area contributed by atoms with Gasteiger partial charge in [-0.3, -0.25) is 4.79 Å². The van der Waals surface area contributed by atoms with Gasteiger partial charge in [0.2, 0.25) is 5.75 Å². The summed E-state index contributed by atoms with van der Waals surface area (Å²) >= 11 is 1.36. The highest BCUT2D eigenvalue weighted by atomic mass is 32.1. The number of aromatic nitrogens is 1. The number of nitrogens with one attached hydrogen (secondary N) is 1. The number of aryl methyl sites for hydroxylation is 2. The fourth-order valence-corrected chi connectivity index (χ4v) is 2.90. The number of thiazole rings is 1. The van der Waals surface area contributed by atoms with Crippen molar-refractivity contribution in [2.24, 2.45) is 0 Å². The second-order valence-electron chi connectivity index (χ2n) is 4.52. The molecular formula is C15H18N2O4S. The predicted molar refractivity (Wildman–Crippen MR) is 85.6 cm³/mol. The minimum atomic E-state index is -0.211. The zero-order valence-electron chi connectivity index (χ0n) is 13.1. The van der Waals surface area contributed by atoms with Crippen LogP contribution in [0.15, 0.2) is 12.1 Å². The van der Waals surface area contributed by atoms with Crippen molar-refractivity contribution in [3.05, 3.63) is 27.7 Å². The van der Waals surface area contributed by atoms with Crippen molar-refractivity contribution >= 4 is 22.9 Å². The molecule has 1 amide bonds. The van der Waals surface area contributed by atoms with Gasteiger partial charge in [0.25, 0.3) is 5.91 Å². The maximum absolute atomic E-state index is 12.3. The van der Waals surface area contributed by atoms with Crippen LogP contribution in [-0.4, -0.2) is 32.2 Å². The first-order valence-corrected chi connectivity index (χ1v) is 7.37. The van der Waals surface area contributed by atoms with E-state index >= 15 is 0 Å². The number of anilines is 1. The monoisotopic (exact) mass is 322 g/mol. The minimum Gasteiger partial charge on any atom is -0.493 e. The van der Waals surface area contributed by atoms with E-state index in [0.717, 1.165) is 5.01 Å². The summed E-state index contributed by atoms with van der Waals surface area (Å²) in [5, 5.41) is 3.68. The molecule has 118 valence electrons. The zero-order chi connectivity index (χ0) is 16.3. The van der Waals surface area contributed by atoms with Gasteiger partial charge < -0.3 is 19.5 Å². The van der Waals surface area contributed by atoms with Crippen molar-refractivity contribution in [3.63, 3.8) is 0 Å². The van der Waals surface area contributed by atoms with Crippen LogP contribution in [0.1, 0.15) is 20.4 Å². The Bertz CT molecular complexity index is 672. The Hall–Kier alpha value is -2.28. The second kappa shape index (κ2) is 6.65. The number of ether oxygens (including phenoxy) is 3. The third-order valence-electron chi connectivity index (χ3n) is 3.03. The number of carbonyl (C=O) groups is 1. The molecule has 0 unspecified atom stereocenters. The van der Waals surface area contributed by atoms with E-state index in [1.807, 2.05) is 13.8 Å². The highest BCUT2D eigenvalue weighted by Crippen LogP contribution is 2.40. The first kappa shape index (κ1) is 16.1. The highest BCUT2D eigenvalue weighted by molar-refractivity contribution is 7.13. The van der Waals surface area contributed by atoms with Crippen molar-refractivity contribution in [3.8, 4) is 17.2 Å². The standard InChI is InChI=1S/C15H18N2O4S/c1-8-14(22-9(2)16-8)15(18)17-10-6-11(19-3)13(21-5)12(7-10)20-4/h6-7H,1-5H3,(H,17,18). The Morgan fingerprint density at radius 2 is 1.68 bits per heavy atom. The van der Waals surface area contributed by atoms with Gasteiger partial charge in [0.15, 0.2) is 11.5 Å². The topological polar surface area (TPSA) is 69.7 Å².